The summed E-state index contributed by atoms with van der Waals surface area (Å²) in [6.45, 7) is 1.98. The van der Waals surface area contributed by atoms with Crippen molar-refractivity contribution in [1.82, 2.24) is 29.6 Å². The molecule has 158 valence electrons. The minimum absolute atomic E-state index is 0.0406. The standard InChI is InChI=1S/C18H19ClF2N8O/c1-2-13(30)28-5-3-4-10(8-28)24-16-14-12(19)7-22-15(14)26-18(27-16)25-11-6-23-29(9-11)17(20)21/h2,6-7,9-10,17H,1,3-5,8H2,(H3,22,24,25,26,27). The monoisotopic (exact) mass is 436 g/mol. The Morgan fingerprint density at radius 3 is 3.00 bits per heavy atom. The Bertz CT molecular complexity index is 1080. The molecule has 1 atom stereocenters. The van der Waals surface area contributed by atoms with Gasteiger partial charge >= 0.3 is 6.55 Å². The summed E-state index contributed by atoms with van der Waals surface area (Å²) in [7, 11) is 0. The lowest BCUT2D eigenvalue weighted by Crippen LogP contribution is -2.44. The van der Waals surface area contributed by atoms with Crippen LogP contribution in [0.25, 0.3) is 11.0 Å². The molecule has 1 saturated heterocycles. The molecule has 1 unspecified atom stereocenters. The Morgan fingerprint density at radius 2 is 2.27 bits per heavy atom. The number of aromatic amines is 1. The lowest BCUT2D eigenvalue weighted by molar-refractivity contribution is -0.127. The van der Waals surface area contributed by atoms with Crippen molar-refractivity contribution in [2.24, 2.45) is 0 Å². The normalized spacial score (nSPS) is 16.8. The number of hydrogen-bond acceptors (Lipinski definition) is 6. The number of rotatable bonds is 6. The quantitative estimate of drug-likeness (QED) is 0.511. The van der Waals surface area contributed by atoms with Gasteiger partial charge < -0.3 is 20.5 Å². The van der Waals surface area contributed by atoms with Gasteiger partial charge in [-0.15, -0.1) is 0 Å². The minimum Gasteiger partial charge on any atom is -0.365 e. The van der Waals surface area contributed by atoms with Crippen molar-refractivity contribution in [1.29, 1.82) is 0 Å². The van der Waals surface area contributed by atoms with E-state index in [1.54, 1.807) is 11.1 Å². The Balaban J connectivity index is 1.60. The largest absolute Gasteiger partial charge is 0.365 e. The van der Waals surface area contributed by atoms with E-state index in [2.05, 4.69) is 37.3 Å². The van der Waals surface area contributed by atoms with Crippen molar-refractivity contribution in [2.75, 3.05) is 23.7 Å². The number of H-pyrrole nitrogens is 1. The zero-order chi connectivity index (χ0) is 21.3. The molecule has 4 rings (SSSR count). The molecule has 1 fully saturated rings. The van der Waals surface area contributed by atoms with E-state index in [9.17, 15) is 13.6 Å². The summed E-state index contributed by atoms with van der Waals surface area (Å²) < 4.78 is 26.0. The second-order valence-corrected chi connectivity index (χ2v) is 7.25. The van der Waals surface area contributed by atoms with Crippen LogP contribution in [0.5, 0.6) is 0 Å². The highest BCUT2D eigenvalue weighted by Crippen LogP contribution is 2.31. The fraction of sp³-hybridized carbons (Fsp3) is 0.333. The number of amides is 1. The summed E-state index contributed by atoms with van der Waals surface area (Å²) in [5.74, 6) is 0.549. The van der Waals surface area contributed by atoms with Crippen molar-refractivity contribution in [2.45, 2.75) is 25.4 Å². The molecule has 0 saturated carbocycles. The van der Waals surface area contributed by atoms with Gasteiger partial charge in [0.05, 0.1) is 28.5 Å². The van der Waals surface area contributed by atoms with Gasteiger partial charge in [0.1, 0.15) is 11.5 Å². The number of alkyl halides is 2. The third kappa shape index (κ3) is 4.06. The molecule has 1 aliphatic rings. The summed E-state index contributed by atoms with van der Waals surface area (Å²) in [5.41, 5.74) is 0.801. The fourth-order valence-electron chi connectivity index (χ4n) is 3.41. The van der Waals surface area contributed by atoms with Crippen molar-refractivity contribution in [3.63, 3.8) is 0 Å². The number of nitrogens with zero attached hydrogens (tertiary/aromatic N) is 5. The lowest BCUT2D eigenvalue weighted by Gasteiger charge is -2.33. The summed E-state index contributed by atoms with van der Waals surface area (Å²) in [4.78, 5) is 25.5. The summed E-state index contributed by atoms with van der Waals surface area (Å²) in [6, 6.07) is -0.0406. The van der Waals surface area contributed by atoms with Crippen LogP contribution >= 0.6 is 11.6 Å². The molecule has 0 bridgehead atoms. The molecule has 4 heterocycles. The SMILES string of the molecule is C=CC(=O)N1CCCC(Nc2nc(Nc3cnn(C(F)F)c3)nc3[nH]cc(Cl)c23)C1. The number of halogens is 3. The third-order valence-corrected chi connectivity index (χ3v) is 5.09. The molecule has 1 aliphatic heterocycles. The van der Waals surface area contributed by atoms with Crippen molar-refractivity contribution >= 4 is 46.0 Å². The maximum atomic E-state index is 12.7. The number of carbonyl (C=O) groups excluding carboxylic acids is 1. The molecule has 12 heteroatoms. The molecule has 0 aliphatic carbocycles. The molecular formula is C18H19ClF2N8O. The first kappa shape index (κ1) is 20.1. The predicted octanol–water partition coefficient (Wildman–Crippen LogP) is 3.54. The van der Waals surface area contributed by atoms with E-state index in [0.717, 1.165) is 19.0 Å². The number of likely N-dealkylation sites (tertiary alicyclic amines) is 1. The first-order valence-electron chi connectivity index (χ1n) is 9.26. The van der Waals surface area contributed by atoms with Crippen molar-refractivity contribution in [3.05, 3.63) is 36.3 Å². The Morgan fingerprint density at radius 1 is 1.43 bits per heavy atom. The van der Waals surface area contributed by atoms with Gasteiger partial charge in [0.2, 0.25) is 11.9 Å². The van der Waals surface area contributed by atoms with Gasteiger partial charge in [0.25, 0.3) is 0 Å². The van der Waals surface area contributed by atoms with Gasteiger partial charge in [-0.25, -0.2) is 4.68 Å². The number of fused-ring (bicyclic) bond motifs is 1. The van der Waals surface area contributed by atoms with Crippen LogP contribution in [0.4, 0.5) is 26.2 Å². The second kappa shape index (κ2) is 8.27. The summed E-state index contributed by atoms with van der Waals surface area (Å²) >= 11 is 6.30. The van der Waals surface area contributed by atoms with Crippen LogP contribution in [0, 0.1) is 0 Å². The minimum atomic E-state index is -2.74. The zero-order valence-corrected chi connectivity index (χ0v) is 16.5. The van der Waals surface area contributed by atoms with Crippen LogP contribution in [0.3, 0.4) is 0 Å². The lowest BCUT2D eigenvalue weighted by atomic mass is 10.1. The Kier molecular flexibility index (Phi) is 5.53. The van der Waals surface area contributed by atoms with Crippen LogP contribution in [0.2, 0.25) is 5.02 Å². The van der Waals surface area contributed by atoms with Crippen molar-refractivity contribution < 1.29 is 13.6 Å². The summed E-state index contributed by atoms with van der Waals surface area (Å²) in [5, 5.41) is 10.9. The highest BCUT2D eigenvalue weighted by molar-refractivity contribution is 6.36. The molecular weight excluding hydrogens is 418 g/mol. The average Bonchev–Trinajstić information content (AvgIpc) is 3.35. The molecule has 3 aromatic heterocycles. The van der Waals surface area contributed by atoms with E-state index in [-0.39, 0.29) is 17.9 Å². The van der Waals surface area contributed by atoms with E-state index in [4.69, 9.17) is 11.6 Å². The smallest absolute Gasteiger partial charge is 0.333 e. The number of nitrogens with one attached hydrogen (secondary N) is 3. The van der Waals surface area contributed by atoms with E-state index >= 15 is 0 Å². The van der Waals surface area contributed by atoms with E-state index < -0.39 is 6.55 Å². The number of carbonyl (C=O) groups is 1. The molecule has 1 amide bonds. The van der Waals surface area contributed by atoms with Gasteiger partial charge in [-0.3, -0.25) is 4.79 Å². The second-order valence-electron chi connectivity index (χ2n) is 6.84. The van der Waals surface area contributed by atoms with Crippen LogP contribution < -0.4 is 10.6 Å². The molecule has 0 spiro atoms. The molecule has 9 nitrogen and oxygen atoms in total. The zero-order valence-electron chi connectivity index (χ0n) is 15.8. The maximum Gasteiger partial charge on any atom is 0.333 e. The average molecular weight is 437 g/mol. The van der Waals surface area contributed by atoms with Crippen LogP contribution in [0.15, 0.2) is 31.2 Å². The van der Waals surface area contributed by atoms with E-state index in [1.165, 1.54) is 12.3 Å². The number of piperidine rings is 1. The molecule has 3 aromatic rings. The van der Waals surface area contributed by atoms with Crippen LogP contribution in [0.1, 0.15) is 19.4 Å². The van der Waals surface area contributed by atoms with Gasteiger partial charge in [-0.1, -0.05) is 18.2 Å². The number of hydrogen-bond donors (Lipinski definition) is 3. The van der Waals surface area contributed by atoms with Gasteiger partial charge in [-0.05, 0) is 18.9 Å². The maximum absolute atomic E-state index is 12.7. The first-order valence-corrected chi connectivity index (χ1v) is 9.64. The molecule has 0 aromatic carbocycles. The highest BCUT2D eigenvalue weighted by atomic mass is 35.5. The molecule has 30 heavy (non-hydrogen) atoms. The van der Waals surface area contributed by atoms with Gasteiger partial charge in [0.15, 0.2) is 0 Å². The summed E-state index contributed by atoms with van der Waals surface area (Å²) in [6.07, 6.45) is 7.00. The van der Waals surface area contributed by atoms with Crippen LogP contribution in [-0.4, -0.2) is 54.7 Å². The van der Waals surface area contributed by atoms with Gasteiger partial charge in [0, 0.05) is 25.3 Å². The number of aromatic nitrogens is 5. The molecule has 0 radical (unpaired) electrons. The van der Waals surface area contributed by atoms with E-state index in [0.29, 0.717) is 45.3 Å². The predicted molar refractivity (Wildman–Crippen MR) is 109 cm³/mol. The molecule has 3 N–H and O–H groups in total. The third-order valence-electron chi connectivity index (χ3n) is 4.79. The van der Waals surface area contributed by atoms with Crippen molar-refractivity contribution in [3.8, 4) is 0 Å². The van der Waals surface area contributed by atoms with E-state index in [1.807, 2.05) is 0 Å². The Labute approximate surface area is 175 Å². The highest BCUT2D eigenvalue weighted by Gasteiger charge is 2.24. The van der Waals surface area contributed by atoms with Crippen LogP contribution in [-0.2, 0) is 4.79 Å². The fourth-order valence-corrected chi connectivity index (χ4v) is 3.65. The Hall–Kier alpha value is -3.21. The topological polar surface area (TPSA) is 104 Å². The first-order chi connectivity index (χ1) is 14.4. The van der Waals surface area contributed by atoms with Gasteiger partial charge in [-0.2, -0.15) is 23.8 Å². The number of anilines is 3.